The molecule has 0 aliphatic carbocycles. The van der Waals surface area contributed by atoms with E-state index in [0.717, 1.165) is 18.9 Å². The molecule has 2 heterocycles. The standard InChI is InChI=1S/C18H24BF3O3/c1-16(2)17(3,4)25-19(24-16)15-10-13(12-5-7-23-8-6-12)9-14(11-15)18(20,21)22/h9-12H,5-8H2,1-4H3. The van der Waals surface area contributed by atoms with Gasteiger partial charge in [0, 0.05) is 13.2 Å². The van der Waals surface area contributed by atoms with Crippen LogP contribution in [0, 0.1) is 0 Å². The van der Waals surface area contributed by atoms with Crippen molar-refractivity contribution in [1.29, 1.82) is 0 Å². The topological polar surface area (TPSA) is 27.7 Å². The maximum absolute atomic E-state index is 13.4. The van der Waals surface area contributed by atoms with Gasteiger partial charge in [0.25, 0.3) is 0 Å². The highest BCUT2D eigenvalue weighted by molar-refractivity contribution is 6.62. The Labute approximate surface area is 147 Å². The number of ether oxygens (including phenoxy) is 1. The zero-order chi connectivity index (χ0) is 18.5. The predicted molar refractivity (Wildman–Crippen MR) is 90.0 cm³/mol. The van der Waals surface area contributed by atoms with Crippen LogP contribution < -0.4 is 5.46 Å². The Bertz CT molecular complexity index is 621. The summed E-state index contributed by atoms with van der Waals surface area (Å²) in [6.07, 6.45) is -2.95. The van der Waals surface area contributed by atoms with Crippen LogP contribution in [0.3, 0.4) is 0 Å². The number of benzene rings is 1. The molecule has 0 unspecified atom stereocenters. The fourth-order valence-corrected chi connectivity index (χ4v) is 3.22. The minimum absolute atomic E-state index is 0.0669. The van der Waals surface area contributed by atoms with Gasteiger partial charge in [-0.15, -0.1) is 0 Å². The SMILES string of the molecule is CC1(C)OB(c2cc(C3CCOCC3)cc(C(F)(F)F)c2)OC1(C)C. The van der Waals surface area contributed by atoms with Crippen LogP contribution in [-0.2, 0) is 20.2 Å². The molecule has 3 nitrogen and oxygen atoms in total. The molecule has 1 aromatic rings. The van der Waals surface area contributed by atoms with Gasteiger partial charge in [0.1, 0.15) is 0 Å². The van der Waals surface area contributed by atoms with E-state index in [0.29, 0.717) is 24.2 Å². The Morgan fingerprint density at radius 2 is 1.52 bits per heavy atom. The first-order valence-corrected chi connectivity index (χ1v) is 8.65. The molecule has 138 valence electrons. The summed E-state index contributed by atoms with van der Waals surface area (Å²) in [4.78, 5) is 0. The van der Waals surface area contributed by atoms with Gasteiger partial charge in [-0.05, 0) is 63.5 Å². The van der Waals surface area contributed by atoms with Crippen molar-refractivity contribution in [3.8, 4) is 0 Å². The molecule has 0 N–H and O–H groups in total. The second-order valence-electron chi connectivity index (χ2n) is 7.86. The zero-order valence-electron chi connectivity index (χ0n) is 15.1. The van der Waals surface area contributed by atoms with Gasteiger partial charge < -0.3 is 14.0 Å². The molecular weight excluding hydrogens is 332 g/mol. The van der Waals surface area contributed by atoms with E-state index in [-0.39, 0.29) is 5.92 Å². The fourth-order valence-electron chi connectivity index (χ4n) is 3.22. The maximum atomic E-state index is 13.4. The van der Waals surface area contributed by atoms with E-state index < -0.39 is 30.1 Å². The molecule has 2 aliphatic heterocycles. The monoisotopic (exact) mass is 356 g/mol. The van der Waals surface area contributed by atoms with E-state index in [1.807, 2.05) is 27.7 Å². The van der Waals surface area contributed by atoms with E-state index in [1.165, 1.54) is 6.07 Å². The van der Waals surface area contributed by atoms with Crippen LogP contribution in [0.2, 0.25) is 0 Å². The van der Waals surface area contributed by atoms with Gasteiger partial charge in [0.2, 0.25) is 0 Å². The van der Waals surface area contributed by atoms with Gasteiger partial charge in [-0.25, -0.2) is 0 Å². The minimum Gasteiger partial charge on any atom is -0.399 e. The molecule has 2 aliphatic rings. The maximum Gasteiger partial charge on any atom is 0.494 e. The Morgan fingerprint density at radius 1 is 0.960 bits per heavy atom. The molecule has 0 radical (unpaired) electrons. The molecule has 2 fully saturated rings. The normalized spacial score (nSPS) is 23.9. The van der Waals surface area contributed by atoms with E-state index >= 15 is 0 Å². The average Bonchev–Trinajstić information content (AvgIpc) is 2.75. The first-order chi connectivity index (χ1) is 11.5. The van der Waals surface area contributed by atoms with E-state index in [9.17, 15) is 13.2 Å². The Balaban J connectivity index is 1.98. The molecule has 0 atom stereocenters. The summed E-state index contributed by atoms with van der Waals surface area (Å²) in [6, 6.07) is 4.20. The number of hydrogen-bond donors (Lipinski definition) is 0. The summed E-state index contributed by atoms with van der Waals surface area (Å²) in [7, 11) is -0.800. The van der Waals surface area contributed by atoms with Crippen molar-refractivity contribution in [2.75, 3.05) is 13.2 Å². The quantitative estimate of drug-likeness (QED) is 0.753. The lowest BCUT2D eigenvalue weighted by molar-refractivity contribution is -0.137. The van der Waals surface area contributed by atoms with Gasteiger partial charge in [-0.2, -0.15) is 13.2 Å². The second-order valence-corrected chi connectivity index (χ2v) is 7.86. The first-order valence-electron chi connectivity index (χ1n) is 8.65. The number of alkyl halides is 3. The third-order valence-corrected chi connectivity index (χ3v) is 5.52. The van der Waals surface area contributed by atoms with Crippen LogP contribution in [0.15, 0.2) is 18.2 Å². The van der Waals surface area contributed by atoms with Gasteiger partial charge in [-0.3, -0.25) is 0 Å². The van der Waals surface area contributed by atoms with Crippen LogP contribution >= 0.6 is 0 Å². The lowest BCUT2D eigenvalue weighted by Gasteiger charge is -2.32. The lowest BCUT2D eigenvalue weighted by Crippen LogP contribution is -2.41. The van der Waals surface area contributed by atoms with Crippen molar-refractivity contribution in [1.82, 2.24) is 0 Å². The molecule has 0 aromatic heterocycles. The van der Waals surface area contributed by atoms with Crippen molar-refractivity contribution in [3.63, 3.8) is 0 Å². The molecular formula is C18H24BF3O3. The van der Waals surface area contributed by atoms with Crippen molar-refractivity contribution in [3.05, 3.63) is 29.3 Å². The van der Waals surface area contributed by atoms with Gasteiger partial charge >= 0.3 is 13.3 Å². The zero-order valence-corrected chi connectivity index (χ0v) is 15.1. The molecule has 1 aromatic carbocycles. The van der Waals surface area contributed by atoms with Gasteiger partial charge in [0.15, 0.2) is 0 Å². The largest absolute Gasteiger partial charge is 0.494 e. The van der Waals surface area contributed by atoms with Gasteiger partial charge in [0.05, 0.1) is 16.8 Å². The Morgan fingerprint density at radius 3 is 2.04 bits per heavy atom. The van der Waals surface area contributed by atoms with Crippen molar-refractivity contribution < 1.29 is 27.2 Å². The summed E-state index contributed by atoms with van der Waals surface area (Å²) < 4.78 is 57.4. The van der Waals surface area contributed by atoms with Crippen molar-refractivity contribution >= 4 is 12.6 Å². The number of rotatable bonds is 2. The van der Waals surface area contributed by atoms with Crippen molar-refractivity contribution in [2.45, 2.75) is 63.8 Å². The van der Waals surface area contributed by atoms with Crippen LogP contribution in [0.1, 0.15) is 57.6 Å². The van der Waals surface area contributed by atoms with E-state index in [2.05, 4.69) is 0 Å². The Kier molecular flexibility index (Phi) is 4.71. The predicted octanol–water partition coefficient (Wildman–Crippen LogP) is 3.90. The van der Waals surface area contributed by atoms with E-state index in [1.54, 1.807) is 6.07 Å². The highest BCUT2D eigenvalue weighted by Gasteiger charge is 2.52. The Hall–Kier alpha value is -1.05. The highest BCUT2D eigenvalue weighted by atomic mass is 19.4. The third-order valence-electron chi connectivity index (χ3n) is 5.52. The summed E-state index contributed by atoms with van der Waals surface area (Å²) in [5.41, 5.74) is -0.728. The molecule has 7 heteroatoms. The molecule has 0 bridgehead atoms. The number of hydrogen-bond acceptors (Lipinski definition) is 3. The first kappa shape index (κ1) is 18.7. The second kappa shape index (κ2) is 6.29. The summed E-state index contributed by atoms with van der Waals surface area (Å²) >= 11 is 0. The van der Waals surface area contributed by atoms with Crippen LogP contribution in [0.4, 0.5) is 13.2 Å². The highest BCUT2D eigenvalue weighted by Crippen LogP contribution is 2.38. The van der Waals surface area contributed by atoms with Crippen LogP contribution in [0.25, 0.3) is 0 Å². The van der Waals surface area contributed by atoms with Gasteiger partial charge in [-0.1, -0.05) is 12.1 Å². The summed E-state index contributed by atoms with van der Waals surface area (Å²) in [5, 5.41) is 0. The summed E-state index contributed by atoms with van der Waals surface area (Å²) in [6.45, 7) is 8.71. The minimum atomic E-state index is -4.40. The average molecular weight is 356 g/mol. The molecule has 0 spiro atoms. The smallest absolute Gasteiger partial charge is 0.399 e. The molecule has 0 saturated carbocycles. The van der Waals surface area contributed by atoms with E-state index in [4.69, 9.17) is 14.0 Å². The van der Waals surface area contributed by atoms with Crippen molar-refractivity contribution in [2.24, 2.45) is 0 Å². The van der Waals surface area contributed by atoms with Crippen LogP contribution in [-0.4, -0.2) is 31.5 Å². The third kappa shape index (κ3) is 3.73. The molecule has 0 amide bonds. The number of halogens is 3. The van der Waals surface area contributed by atoms with Crippen LogP contribution in [0.5, 0.6) is 0 Å². The fraction of sp³-hybridized carbons (Fsp3) is 0.667. The lowest BCUT2D eigenvalue weighted by atomic mass is 9.75. The summed E-state index contributed by atoms with van der Waals surface area (Å²) in [5.74, 6) is 0.0669. The molecule has 25 heavy (non-hydrogen) atoms. The molecule has 3 rings (SSSR count). The molecule has 2 saturated heterocycles.